The summed E-state index contributed by atoms with van der Waals surface area (Å²) in [6.07, 6.45) is 10.5. The zero-order chi connectivity index (χ0) is 12.8. The summed E-state index contributed by atoms with van der Waals surface area (Å²) in [7, 11) is 0. The third-order valence-electron chi connectivity index (χ3n) is 4.79. The first-order valence-corrected chi connectivity index (χ1v) is 7.86. The minimum Gasteiger partial charge on any atom is -0.396 e. The van der Waals surface area contributed by atoms with Crippen LogP contribution < -0.4 is 0 Å². The van der Waals surface area contributed by atoms with Gasteiger partial charge in [-0.05, 0) is 58.0 Å². The lowest BCUT2D eigenvalue weighted by molar-refractivity contribution is 0.0217. The lowest BCUT2D eigenvalue weighted by atomic mass is 9.80. The molecule has 3 heteroatoms. The molecule has 3 nitrogen and oxygen atoms in total. The zero-order valence-corrected chi connectivity index (χ0v) is 11.6. The summed E-state index contributed by atoms with van der Waals surface area (Å²) >= 11 is 0. The van der Waals surface area contributed by atoms with Crippen LogP contribution in [-0.2, 0) is 0 Å². The Hall–Kier alpha value is -0.120. The number of aliphatic hydroxyl groups excluding tert-OH is 2. The van der Waals surface area contributed by atoms with Gasteiger partial charge >= 0.3 is 0 Å². The minimum atomic E-state index is -0.0539. The Kier molecular flexibility index (Phi) is 5.93. The van der Waals surface area contributed by atoms with E-state index in [9.17, 15) is 5.11 Å². The van der Waals surface area contributed by atoms with Crippen molar-refractivity contribution in [2.75, 3.05) is 19.7 Å². The van der Waals surface area contributed by atoms with E-state index in [0.717, 1.165) is 25.8 Å². The molecule has 1 saturated heterocycles. The van der Waals surface area contributed by atoms with Crippen LogP contribution in [0, 0.1) is 5.92 Å². The first-order chi connectivity index (χ1) is 8.83. The van der Waals surface area contributed by atoms with E-state index < -0.39 is 0 Å². The highest BCUT2D eigenvalue weighted by Crippen LogP contribution is 2.34. The Morgan fingerprint density at radius 2 is 1.78 bits per heavy atom. The molecule has 1 heterocycles. The van der Waals surface area contributed by atoms with E-state index in [4.69, 9.17) is 5.11 Å². The first kappa shape index (κ1) is 14.3. The molecular formula is C15H29NO2. The van der Waals surface area contributed by atoms with Crippen LogP contribution in [0.4, 0.5) is 0 Å². The van der Waals surface area contributed by atoms with Gasteiger partial charge in [0.1, 0.15) is 0 Å². The summed E-state index contributed by atoms with van der Waals surface area (Å²) in [5.74, 6) is 0.527. The van der Waals surface area contributed by atoms with Gasteiger partial charge in [-0.15, -0.1) is 0 Å². The van der Waals surface area contributed by atoms with Crippen molar-refractivity contribution >= 4 is 0 Å². The van der Waals surface area contributed by atoms with Crippen LogP contribution in [0.25, 0.3) is 0 Å². The molecule has 3 atom stereocenters. The SMILES string of the molecule is OCCCCCN1CCCC1C1CCCCC1O. The third kappa shape index (κ3) is 3.69. The number of likely N-dealkylation sites (tertiary alicyclic amines) is 1. The van der Waals surface area contributed by atoms with Crippen molar-refractivity contribution in [3.63, 3.8) is 0 Å². The highest BCUT2D eigenvalue weighted by atomic mass is 16.3. The molecule has 0 aromatic heterocycles. The predicted octanol–water partition coefficient (Wildman–Crippen LogP) is 2.16. The fourth-order valence-corrected chi connectivity index (χ4v) is 3.81. The molecule has 106 valence electrons. The molecule has 2 aliphatic rings. The van der Waals surface area contributed by atoms with Crippen molar-refractivity contribution in [1.82, 2.24) is 4.90 Å². The lowest BCUT2D eigenvalue weighted by Gasteiger charge is -2.37. The molecular weight excluding hydrogens is 226 g/mol. The van der Waals surface area contributed by atoms with Crippen molar-refractivity contribution < 1.29 is 10.2 Å². The summed E-state index contributed by atoms with van der Waals surface area (Å²) in [6, 6.07) is 0.634. The molecule has 0 amide bonds. The van der Waals surface area contributed by atoms with Crippen LogP contribution in [0.5, 0.6) is 0 Å². The summed E-state index contributed by atoms with van der Waals surface area (Å²) < 4.78 is 0. The monoisotopic (exact) mass is 255 g/mol. The Bertz CT molecular complexity index is 235. The van der Waals surface area contributed by atoms with Crippen molar-refractivity contribution in [2.24, 2.45) is 5.92 Å². The molecule has 1 aliphatic carbocycles. The summed E-state index contributed by atoms with van der Waals surface area (Å²) in [5.41, 5.74) is 0. The molecule has 18 heavy (non-hydrogen) atoms. The van der Waals surface area contributed by atoms with Crippen molar-refractivity contribution in [2.45, 2.75) is 69.9 Å². The zero-order valence-electron chi connectivity index (χ0n) is 11.6. The van der Waals surface area contributed by atoms with Gasteiger partial charge in [0.05, 0.1) is 6.10 Å². The topological polar surface area (TPSA) is 43.7 Å². The second-order valence-corrected chi connectivity index (χ2v) is 6.05. The highest BCUT2D eigenvalue weighted by Gasteiger charge is 2.36. The van der Waals surface area contributed by atoms with E-state index in [1.807, 2.05) is 0 Å². The smallest absolute Gasteiger partial charge is 0.0583 e. The van der Waals surface area contributed by atoms with Crippen molar-refractivity contribution in [3.8, 4) is 0 Å². The van der Waals surface area contributed by atoms with E-state index >= 15 is 0 Å². The van der Waals surface area contributed by atoms with Crippen molar-refractivity contribution in [3.05, 3.63) is 0 Å². The number of nitrogens with zero attached hydrogens (tertiary/aromatic N) is 1. The maximum absolute atomic E-state index is 10.2. The van der Waals surface area contributed by atoms with Crippen LogP contribution in [0.3, 0.4) is 0 Å². The number of hydrogen-bond donors (Lipinski definition) is 2. The second kappa shape index (κ2) is 7.46. The van der Waals surface area contributed by atoms with Crippen LogP contribution in [-0.4, -0.2) is 47.0 Å². The average molecular weight is 255 g/mol. The molecule has 0 bridgehead atoms. The second-order valence-electron chi connectivity index (χ2n) is 6.05. The Morgan fingerprint density at radius 3 is 2.56 bits per heavy atom. The van der Waals surface area contributed by atoms with Gasteiger partial charge < -0.3 is 15.1 Å². The Balaban J connectivity index is 1.78. The Labute approximate surface area is 111 Å². The quantitative estimate of drug-likeness (QED) is 0.715. The molecule has 2 fully saturated rings. The van der Waals surface area contributed by atoms with Gasteiger partial charge in [0, 0.05) is 18.6 Å². The molecule has 2 rings (SSSR count). The van der Waals surface area contributed by atoms with Gasteiger partial charge in [0.25, 0.3) is 0 Å². The number of rotatable bonds is 6. The van der Waals surface area contributed by atoms with E-state index in [-0.39, 0.29) is 6.10 Å². The number of hydrogen-bond acceptors (Lipinski definition) is 3. The van der Waals surface area contributed by atoms with Crippen LogP contribution in [0.1, 0.15) is 57.8 Å². The molecule has 1 saturated carbocycles. The molecule has 0 aromatic rings. The minimum absolute atomic E-state index is 0.0539. The van der Waals surface area contributed by atoms with Gasteiger partial charge in [-0.3, -0.25) is 0 Å². The first-order valence-electron chi connectivity index (χ1n) is 7.86. The molecule has 3 unspecified atom stereocenters. The molecule has 0 aromatic carbocycles. The highest BCUT2D eigenvalue weighted by molar-refractivity contribution is 4.90. The largest absolute Gasteiger partial charge is 0.396 e. The van der Waals surface area contributed by atoms with E-state index in [2.05, 4.69) is 4.90 Å². The predicted molar refractivity (Wildman–Crippen MR) is 73.5 cm³/mol. The van der Waals surface area contributed by atoms with Gasteiger partial charge in [-0.1, -0.05) is 12.8 Å². The summed E-state index contributed by atoms with van der Waals surface area (Å²) in [5, 5.41) is 19.0. The third-order valence-corrected chi connectivity index (χ3v) is 4.79. The summed E-state index contributed by atoms with van der Waals surface area (Å²) in [4.78, 5) is 2.61. The molecule has 2 N–H and O–H groups in total. The molecule has 0 spiro atoms. The van der Waals surface area contributed by atoms with Gasteiger partial charge in [-0.25, -0.2) is 0 Å². The van der Waals surface area contributed by atoms with E-state index in [0.29, 0.717) is 18.6 Å². The van der Waals surface area contributed by atoms with Crippen LogP contribution in [0.2, 0.25) is 0 Å². The van der Waals surface area contributed by atoms with Crippen LogP contribution >= 0.6 is 0 Å². The number of unbranched alkanes of at least 4 members (excludes halogenated alkanes) is 2. The van der Waals surface area contributed by atoms with E-state index in [1.54, 1.807) is 0 Å². The lowest BCUT2D eigenvalue weighted by Crippen LogP contribution is -2.42. The molecule has 0 radical (unpaired) electrons. The maximum atomic E-state index is 10.2. The molecule has 1 aliphatic heterocycles. The fraction of sp³-hybridized carbons (Fsp3) is 1.00. The fourth-order valence-electron chi connectivity index (χ4n) is 3.81. The van der Waals surface area contributed by atoms with E-state index in [1.165, 1.54) is 45.1 Å². The van der Waals surface area contributed by atoms with Crippen LogP contribution in [0.15, 0.2) is 0 Å². The Morgan fingerprint density at radius 1 is 0.944 bits per heavy atom. The number of aliphatic hydroxyl groups is 2. The normalized spacial score (nSPS) is 34.0. The van der Waals surface area contributed by atoms with Crippen molar-refractivity contribution in [1.29, 1.82) is 0 Å². The maximum Gasteiger partial charge on any atom is 0.0583 e. The van der Waals surface area contributed by atoms with Gasteiger partial charge in [0.2, 0.25) is 0 Å². The van der Waals surface area contributed by atoms with Gasteiger partial charge in [0.15, 0.2) is 0 Å². The van der Waals surface area contributed by atoms with Gasteiger partial charge in [-0.2, -0.15) is 0 Å². The average Bonchev–Trinajstić information content (AvgIpc) is 2.83. The summed E-state index contributed by atoms with van der Waals surface area (Å²) in [6.45, 7) is 2.70. The standard InChI is InChI=1S/C15H29NO2/c17-12-5-1-4-10-16-11-6-8-14(16)13-7-2-3-9-15(13)18/h13-15,17-18H,1-12H2.